The lowest BCUT2D eigenvalue weighted by molar-refractivity contribution is -0.116. The second-order valence-corrected chi connectivity index (χ2v) is 3.37. The van der Waals surface area contributed by atoms with Gasteiger partial charge in [-0.3, -0.25) is 4.79 Å². The molecule has 0 radical (unpaired) electrons. The van der Waals surface area contributed by atoms with Gasteiger partial charge in [-0.15, -0.1) is 0 Å². The first-order valence-corrected chi connectivity index (χ1v) is 6.34. The predicted molar refractivity (Wildman–Crippen MR) is 77.7 cm³/mol. The molecule has 1 aromatic carbocycles. The monoisotopic (exact) mass is 237 g/mol. The van der Waals surface area contributed by atoms with Crippen molar-refractivity contribution in [3.8, 4) is 0 Å². The molecule has 0 aromatic heterocycles. The molecule has 1 amide bonds. The van der Waals surface area contributed by atoms with Crippen molar-refractivity contribution in [3.63, 3.8) is 0 Å². The van der Waals surface area contributed by atoms with Gasteiger partial charge in [0, 0.05) is 19.7 Å². The summed E-state index contributed by atoms with van der Waals surface area (Å²) >= 11 is 0. The fourth-order valence-corrected chi connectivity index (χ4v) is 1.35. The Morgan fingerprint density at radius 1 is 1.06 bits per heavy atom. The Morgan fingerprint density at radius 3 is 1.88 bits per heavy atom. The van der Waals surface area contributed by atoms with Gasteiger partial charge < -0.3 is 4.90 Å². The highest BCUT2D eigenvalue weighted by atomic mass is 16.2. The molecule has 0 fully saturated rings. The average Bonchev–Trinajstić information content (AvgIpc) is 2.33. The first kappa shape index (κ1) is 18.1. The van der Waals surface area contributed by atoms with E-state index >= 15 is 0 Å². The number of amides is 1. The molecular formula is C15H27NO. The van der Waals surface area contributed by atoms with Gasteiger partial charge in [-0.1, -0.05) is 45.4 Å². The summed E-state index contributed by atoms with van der Waals surface area (Å²) in [5.41, 5.74) is 3.34. The van der Waals surface area contributed by atoms with Crippen molar-refractivity contribution in [2.45, 2.75) is 48.5 Å². The molecule has 17 heavy (non-hydrogen) atoms. The number of nitrogens with zero attached hydrogens (tertiary/aromatic N) is 1. The zero-order chi connectivity index (χ0) is 14.0. The molecule has 0 aliphatic rings. The zero-order valence-corrected chi connectivity index (χ0v) is 12.6. The lowest BCUT2D eigenvalue weighted by Gasteiger charge is -2.17. The lowest BCUT2D eigenvalue weighted by atomic mass is 10.1. The third-order valence-corrected chi connectivity index (χ3v) is 2.19. The van der Waals surface area contributed by atoms with Gasteiger partial charge in [-0.05, 0) is 25.5 Å². The van der Waals surface area contributed by atoms with Crippen LogP contribution in [0.4, 0.5) is 5.69 Å². The van der Waals surface area contributed by atoms with Gasteiger partial charge in [0.05, 0.1) is 0 Å². The second-order valence-electron chi connectivity index (χ2n) is 3.37. The van der Waals surface area contributed by atoms with Gasteiger partial charge in [-0.25, -0.2) is 0 Å². The van der Waals surface area contributed by atoms with E-state index in [9.17, 15) is 4.79 Å². The minimum atomic E-state index is 0.0620. The van der Waals surface area contributed by atoms with Crippen LogP contribution in [0.25, 0.3) is 0 Å². The lowest BCUT2D eigenvalue weighted by Crippen LogP contribution is -2.23. The standard InChI is InChI=1S/C11H15NO.2C2H6/c1-8-5-6-11(9(2)7-8)12(4)10(3)13;2*1-2/h5-7H,1-4H3;2*1-2H3. The summed E-state index contributed by atoms with van der Waals surface area (Å²) in [6.45, 7) is 13.6. The molecule has 1 rings (SSSR count). The average molecular weight is 237 g/mol. The molecule has 0 bridgehead atoms. The van der Waals surface area contributed by atoms with E-state index in [-0.39, 0.29) is 5.91 Å². The number of benzene rings is 1. The minimum absolute atomic E-state index is 0.0620. The Labute approximate surface area is 107 Å². The maximum Gasteiger partial charge on any atom is 0.223 e. The summed E-state index contributed by atoms with van der Waals surface area (Å²) in [5.74, 6) is 0.0620. The van der Waals surface area contributed by atoms with E-state index < -0.39 is 0 Å². The number of carbonyl (C=O) groups is 1. The molecule has 0 saturated carbocycles. The molecule has 0 unspecified atom stereocenters. The van der Waals surface area contributed by atoms with Crippen LogP contribution in [0.1, 0.15) is 45.7 Å². The van der Waals surface area contributed by atoms with Crippen molar-refractivity contribution in [2.24, 2.45) is 0 Å². The van der Waals surface area contributed by atoms with E-state index in [1.807, 2.05) is 53.7 Å². The zero-order valence-electron chi connectivity index (χ0n) is 12.6. The summed E-state index contributed by atoms with van der Waals surface area (Å²) in [7, 11) is 1.79. The highest BCUT2D eigenvalue weighted by molar-refractivity contribution is 5.91. The van der Waals surface area contributed by atoms with Gasteiger partial charge in [0.25, 0.3) is 0 Å². The molecule has 0 atom stereocenters. The molecule has 0 aliphatic heterocycles. The number of hydrogen-bond acceptors (Lipinski definition) is 1. The molecule has 0 N–H and O–H groups in total. The summed E-state index contributed by atoms with van der Waals surface area (Å²) in [6, 6.07) is 6.07. The molecule has 0 aliphatic carbocycles. The third-order valence-electron chi connectivity index (χ3n) is 2.19. The Morgan fingerprint density at radius 2 is 1.53 bits per heavy atom. The van der Waals surface area contributed by atoms with E-state index in [0.29, 0.717) is 0 Å². The Bertz CT molecular complexity index is 332. The summed E-state index contributed by atoms with van der Waals surface area (Å²) in [5, 5.41) is 0. The highest BCUT2D eigenvalue weighted by Crippen LogP contribution is 2.19. The summed E-state index contributed by atoms with van der Waals surface area (Å²) in [6.07, 6.45) is 0. The minimum Gasteiger partial charge on any atom is -0.315 e. The molecule has 2 nitrogen and oxygen atoms in total. The van der Waals surface area contributed by atoms with Crippen LogP contribution < -0.4 is 4.90 Å². The van der Waals surface area contributed by atoms with Crippen molar-refractivity contribution in [1.29, 1.82) is 0 Å². The Hall–Kier alpha value is -1.31. The number of carbonyl (C=O) groups excluding carboxylic acids is 1. The van der Waals surface area contributed by atoms with Crippen LogP contribution in [-0.4, -0.2) is 13.0 Å². The van der Waals surface area contributed by atoms with E-state index in [1.54, 1.807) is 18.9 Å². The molecule has 0 spiro atoms. The second kappa shape index (κ2) is 9.88. The molecule has 0 saturated heterocycles. The fourth-order valence-electron chi connectivity index (χ4n) is 1.35. The first-order valence-electron chi connectivity index (χ1n) is 6.34. The van der Waals surface area contributed by atoms with Crippen LogP contribution in [-0.2, 0) is 4.79 Å². The van der Waals surface area contributed by atoms with Gasteiger partial charge >= 0.3 is 0 Å². The van der Waals surface area contributed by atoms with E-state index in [0.717, 1.165) is 11.3 Å². The van der Waals surface area contributed by atoms with E-state index in [4.69, 9.17) is 0 Å². The molecule has 1 aromatic rings. The number of anilines is 1. The van der Waals surface area contributed by atoms with Gasteiger partial charge in [0.1, 0.15) is 0 Å². The van der Waals surface area contributed by atoms with Crippen LogP contribution in [0, 0.1) is 13.8 Å². The van der Waals surface area contributed by atoms with Crippen LogP contribution in [0.2, 0.25) is 0 Å². The van der Waals surface area contributed by atoms with Crippen LogP contribution in [0.15, 0.2) is 18.2 Å². The van der Waals surface area contributed by atoms with E-state index in [1.165, 1.54) is 5.56 Å². The smallest absolute Gasteiger partial charge is 0.223 e. The van der Waals surface area contributed by atoms with Crippen LogP contribution in [0.5, 0.6) is 0 Å². The quantitative estimate of drug-likeness (QED) is 0.711. The molecular weight excluding hydrogens is 210 g/mol. The van der Waals surface area contributed by atoms with Crippen molar-refractivity contribution >= 4 is 11.6 Å². The van der Waals surface area contributed by atoms with Gasteiger partial charge in [0.2, 0.25) is 5.91 Å². The molecule has 98 valence electrons. The third kappa shape index (κ3) is 6.10. The topological polar surface area (TPSA) is 20.3 Å². The molecule has 2 heteroatoms. The van der Waals surface area contributed by atoms with Crippen molar-refractivity contribution < 1.29 is 4.79 Å². The normalized spacial score (nSPS) is 8.24. The largest absolute Gasteiger partial charge is 0.315 e. The Kier molecular flexibility index (Phi) is 10.5. The van der Waals surface area contributed by atoms with Crippen molar-refractivity contribution in [3.05, 3.63) is 29.3 Å². The maximum atomic E-state index is 11.1. The fraction of sp³-hybridized carbons (Fsp3) is 0.533. The summed E-state index contributed by atoms with van der Waals surface area (Å²) in [4.78, 5) is 12.8. The first-order chi connectivity index (χ1) is 8.02. The molecule has 0 heterocycles. The van der Waals surface area contributed by atoms with Gasteiger partial charge in [0.15, 0.2) is 0 Å². The highest BCUT2D eigenvalue weighted by Gasteiger charge is 2.07. The van der Waals surface area contributed by atoms with Crippen LogP contribution >= 0.6 is 0 Å². The van der Waals surface area contributed by atoms with Crippen LogP contribution in [0.3, 0.4) is 0 Å². The number of rotatable bonds is 1. The SMILES string of the molecule is CC.CC.CC(=O)N(C)c1ccc(C)cc1C. The maximum absolute atomic E-state index is 11.1. The van der Waals surface area contributed by atoms with Gasteiger partial charge in [-0.2, -0.15) is 0 Å². The van der Waals surface area contributed by atoms with Crippen molar-refractivity contribution in [1.82, 2.24) is 0 Å². The number of aryl methyl sites for hydroxylation is 2. The van der Waals surface area contributed by atoms with E-state index in [2.05, 4.69) is 6.07 Å². The predicted octanol–water partition coefficient (Wildman–Crippen LogP) is 4.34. The van der Waals surface area contributed by atoms with Crippen molar-refractivity contribution in [2.75, 3.05) is 11.9 Å². The Balaban J connectivity index is 0. The summed E-state index contributed by atoms with van der Waals surface area (Å²) < 4.78 is 0. The number of hydrogen-bond donors (Lipinski definition) is 0.